The van der Waals surface area contributed by atoms with Crippen molar-refractivity contribution in [1.29, 1.82) is 0 Å². The zero-order valence-electron chi connectivity index (χ0n) is 9.92. The number of benzene rings is 1. The molecule has 0 saturated carbocycles. The summed E-state index contributed by atoms with van der Waals surface area (Å²) in [5.74, 6) is 0.519. The lowest BCUT2D eigenvalue weighted by Gasteiger charge is -2.35. The molecular formula is C14H18O2. The third-order valence-electron chi connectivity index (χ3n) is 4.04. The van der Waals surface area contributed by atoms with Crippen molar-refractivity contribution in [3.63, 3.8) is 0 Å². The highest BCUT2D eigenvalue weighted by molar-refractivity contribution is 6.02. The topological polar surface area (TPSA) is 37.3 Å². The van der Waals surface area contributed by atoms with Crippen molar-refractivity contribution in [1.82, 2.24) is 0 Å². The van der Waals surface area contributed by atoms with E-state index in [1.165, 1.54) is 0 Å². The molecule has 0 saturated heterocycles. The first-order chi connectivity index (χ1) is 7.63. The van der Waals surface area contributed by atoms with Crippen molar-refractivity contribution < 1.29 is 9.90 Å². The van der Waals surface area contributed by atoms with Gasteiger partial charge in [-0.1, -0.05) is 13.8 Å². The molecular weight excluding hydrogens is 200 g/mol. The standard InChI is InChI=1S/C14H18O2/c1-3-14(4-2)8-7-10-9-11(15)5-6-12(10)13(14)16/h5-6,9,15H,3-4,7-8H2,1-2H3. The van der Waals surface area contributed by atoms with Crippen LogP contribution >= 0.6 is 0 Å². The van der Waals surface area contributed by atoms with Gasteiger partial charge in [0.05, 0.1) is 0 Å². The number of phenols is 1. The molecule has 0 bridgehead atoms. The van der Waals surface area contributed by atoms with Gasteiger partial charge in [-0.05, 0) is 49.4 Å². The highest BCUT2D eigenvalue weighted by atomic mass is 16.3. The molecule has 0 fully saturated rings. The number of carbonyl (C=O) groups is 1. The number of rotatable bonds is 2. The molecule has 86 valence electrons. The highest BCUT2D eigenvalue weighted by Gasteiger charge is 2.39. The number of Topliss-reactive ketones (excluding diaryl/α,β-unsaturated/α-hetero) is 1. The van der Waals surface area contributed by atoms with E-state index < -0.39 is 0 Å². The van der Waals surface area contributed by atoms with Crippen LogP contribution in [-0.2, 0) is 6.42 Å². The average molecular weight is 218 g/mol. The summed E-state index contributed by atoms with van der Waals surface area (Å²) in [4.78, 5) is 12.4. The van der Waals surface area contributed by atoms with Crippen LogP contribution < -0.4 is 0 Å². The fourth-order valence-corrected chi connectivity index (χ4v) is 2.71. The first kappa shape index (κ1) is 11.2. The van der Waals surface area contributed by atoms with Crippen molar-refractivity contribution in [2.45, 2.75) is 39.5 Å². The normalized spacial score (nSPS) is 18.2. The zero-order valence-corrected chi connectivity index (χ0v) is 9.92. The summed E-state index contributed by atoms with van der Waals surface area (Å²) in [5.41, 5.74) is 1.65. The minimum Gasteiger partial charge on any atom is -0.508 e. The smallest absolute Gasteiger partial charge is 0.169 e. The second-order valence-corrected chi connectivity index (χ2v) is 4.66. The van der Waals surface area contributed by atoms with Crippen LogP contribution in [0.2, 0.25) is 0 Å². The molecule has 1 aromatic rings. The minimum absolute atomic E-state index is 0.163. The Hall–Kier alpha value is -1.31. The van der Waals surface area contributed by atoms with E-state index in [0.29, 0.717) is 0 Å². The Kier molecular flexibility index (Phi) is 2.75. The summed E-state index contributed by atoms with van der Waals surface area (Å²) in [5, 5.41) is 9.41. The predicted octanol–water partition coefficient (Wildman–Crippen LogP) is 3.33. The molecule has 0 radical (unpaired) electrons. The molecule has 1 aliphatic carbocycles. The minimum atomic E-state index is -0.163. The van der Waals surface area contributed by atoms with Gasteiger partial charge in [0.15, 0.2) is 5.78 Å². The molecule has 0 heterocycles. The van der Waals surface area contributed by atoms with Crippen LogP contribution in [0.25, 0.3) is 0 Å². The van der Waals surface area contributed by atoms with Gasteiger partial charge in [-0.3, -0.25) is 4.79 Å². The molecule has 0 aliphatic heterocycles. The quantitative estimate of drug-likeness (QED) is 0.826. The lowest BCUT2D eigenvalue weighted by molar-refractivity contribution is 0.0738. The number of phenolic OH excluding ortho intramolecular Hbond substituents is 1. The third kappa shape index (κ3) is 1.53. The number of carbonyl (C=O) groups excluding carboxylic acids is 1. The summed E-state index contributed by atoms with van der Waals surface area (Å²) in [7, 11) is 0. The Bertz CT molecular complexity index is 417. The molecule has 16 heavy (non-hydrogen) atoms. The maximum atomic E-state index is 12.4. The zero-order chi connectivity index (χ0) is 11.8. The first-order valence-electron chi connectivity index (χ1n) is 5.99. The predicted molar refractivity (Wildman–Crippen MR) is 63.8 cm³/mol. The summed E-state index contributed by atoms with van der Waals surface area (Å²) in [6, 6.07) is 5.10. The Labute approximate surface area is 96.3 Å². The van der Waals surface area contributed by atoms with Gasteiger partial charge < -0.3 is 5.11 Å². The monoisotopic (exact) mass is 218 g/mol. The molecule has 0 aromatic heterocycles. The van der Waals surface area contributed by atoms with E-state index in [4.69, 9.17) is 0 Å². The molecule has 2 rings (SSSR count). The fraction of sp³-hybridized carbons (Fsp3) is 0.500. The van der Waals surface area contributed by atoms with E-state index in [2.05, 4.69) is 13.8 Å². The molecule has 0 atom stereocenters. The van der Waals surface area contributed by atoms with Crippen LogP contribution in [0.1, 0.15) is 49.0 Å². The van der Waals surface area contributed by atoms with Gasteiger partial charge in [-0.2, -0.15) is 0 Å². The number of hydrogen-bond acceptors (Lipinski definition) is 2. The van der Waals surface area contributed by atoms with Gasteiger partial charge in [0.2, 0.25) is 0 Å². The van der Waals surface area contributed by atoms with Crippen LogP contribution in [0, 0.1) is 5.41 Å². The van der Waals surface area contributed by atoms with Crippen molar-refractivity contribution in [3.8, 4) is 5.75 Å². The Morgan fingerprint density at radius 1 is 1.31 bits per heavy atom. The van der Waals surface area contributed by atoms with Gasteiger partial charge >= 0.3 is 0 Å². The van der Waals surface area contributed by atoms with E-state index in [-0.39, 0.29) is 16.9 Å². The number of aromatic hydroxyl groups is 1. The second kappa shape index (κ2) is 3.93. The Balaban J connectivity index is 2.47. The summed E-state index contributed by atoms with van der Waals surface area (Å²) in [6.07, 6.45) is 3.62. The molecule has 1 aliphatic rings. The van der Waals surface area contributed by atoms with Crippen molar-refractivity contribution in [2.75, 3.05) is 0 Å². The average Bonchev–Trinajstić information content (AvgIpc) is 2.30. The molecule has 0 unspecified atom stereocenters. The van der Waals surface area contributed by atoms with Gasteiger partial charge in [0, 0.05) is 11.0 Å². The Morgan fingerprint density at radius 3 is 2.62 bits per heavy atom. The lowest BCUT2D eigenvalue weighted by Crippen LogP contribution is -2.34. The molecule has 1 aromatic carbocycles. The molecule has 0 amide bonds. The van der Waals surface area contributed by atoms with Crippen LogP contribution in [0.4, 0.5) is 0 Å². The molecule has 0 spiro atoms. The number of hydrogen-bond donors (Lipinski definition) is 1. The molecule has 2 nitrogen and oxygen atoms in total. The largest absolute Gasteiger partial charge is 0.508 e. The number of fused-ring (bicyclic) bond motifs is 1. The van der Waals surface area contributed by atoms with Gasteiger partial charge in [0.25, 0.3) is 0 Å². The van der Waals surface area contributed by atoms with Crippen molar-refractivity contribution in [2.24, 2.45) is 5.41 Å². The van der Waals surface area contributed by atoms with Crippen LogP contribution in [0.5, 0.6) is 5.75 Å². The molecule has 1 N–H and O–H groups in total. The van der Waals surface area contributed by atoms with Crippen LogP contribution in [0.15, 0.2) is 18.2 Å². The first-order valence-corrected chi connectivity index (χ1v) is 5.99. The van der Waals surface area contributed by atoms with Gasteiger partial charge in [0.1, 0.15) is 5.75 Å². The Morgan fingerprint density at radius 2 is 2.00 bits per heavy atom. The van der Waals surface area contributed by atoms with Crippen LogP contribution in [0.3, 0.4) is 0 Å². The second-order valence-electron chi connectivity index (χ2n) is 4.66. The maximum absolute atomic E-state index is 12.4. The van der Waals surface area contributed by atoms with E-state index in [9.17, 15) is 9.90 Å². The van der Waals surface area contributed by atoms with E-state index in [1.54, 1.807) is 18.2 Å². The van der Waals surface area contributed by atoms with Crippen molar-refractivity contribution >= 4 is 5.78 Å². The van der Waals surface area contributed by atoms with Gasteiger partial charge in [-0.15, -0.1) is 0 Å². The van der Waals surface area contributed by atoms with E-state index in [1.807, 2.05) is 0 Å². The molecule has 2 heteroatoms. The van der Waals surface area contributed by atoms with Crippen LogP contribution in [-0.4, -0.2) is 10.9 Å². The number of aryl methyl sites for hydroxylation is 1. The van der Waals surface area contributed by atoms with E-state index >= 15 is 0 Å². The lowest BCUT2D eigenvalue weighted by atomic mass is 9.67. The SMILES string of the molecule is CCC1(CC)CCc2cc(O)ccc2C1=O. The third-order valence-corrected chi connectivity index (χ3v) is 4.04. The summed E-state index contributed by atoms with van der Waals surface area (Å²) >= 11 is 0. The summed E-state index contributed by atoms with van der Waals surface area (Å²) in [6.45, 7) is 4.18. The van der Waals surface area contributed by atoms with Crippen molar-refractivity contribution in [3.05, 3.63) is 29.3 Å². The summed E-state index contributed by atoms with van der Waals surface area (Å²) < 4.78 is 0. The highest BCUT2D eigenvalue weighted by Crippen LogP contribution is 2.41. The maximum Gasteiger partial charge on any atom is 0.169 e. The van der Waals surface area contributed by atoms with Gasteiger partial charge in [-0.25, -0.2) is 0 Å². The number of ketones is 1. The fourth-order valence-electron chi connectivity index (χ4n) is 2.71. The van der Waals surface area contributed by atoms with E-state index in [0.717, 1.165) is 36.8 Å².